The summed E-state index contributed by atoms with van der Waals surface area (Å²) in [5, 5.41) is 12.1. The molecule has 0 fully saturated rings. The molecule has 0 saturated carbocycles. The van der Waals surface area contributed by atoms with Crippen LogP contribution < -0.4 is 0 Å². The van der Waals surface area contributed by atoms with Gasteiger partial charge in [-0.25, -0.2) is 9.07 Å². The van der Waals surface area contributed by atoms with Crippen molar-refractivity contribution < 1.29 is 13.7 Å². The molecule has 0 aliphatic rings. The number of halogens is 1. The zero-order chi connectivity index (χ0) is 17.9. The van der Waals surface area contributed by atoms with Crippen molar-refractivity contribution in [2.24, 2.45) is 0 Å². The Morgan fingerprint density at radius 1 is 1.15 bits per heavy atom. The number of methoxy groups -OCH3 is 1. The lowest BCUT2D eigenvalue weighted by Crippen LogP contribution is -2.06. The summed E-state index contributed by atoms with van der Waals surface area (Å²) in [6.45, 7) is 0.142. The van der Waals surface area contributed by atoms with E-state index in [0.29, 0.717) is 17.2 Å². The summed E-state index contributed by atoms with van der Waals surface area (Å²) in [6, 6.07) is 9.79. The van der Waals surface area contributed by atoms with Gasteiger partial charge in [-0.15, -0.1) is 5.10 Å². The van der Waals surface area contributed by atoms with E-state index in [4.69, 9.17) is 9.26 Å². The summed E-state index contributed by atoms with van der Waals surface area (Å²) >= 11 is 0. The van der Waals surface area contributed by atoms with Gasteiger partial charge in [0.1, 0.15) is 17.2 Å². The fourth-order valence-corrected chi connectivity index (χ4v) is 2.49. The van der Waals surface area contributed by atoms with Crippen LogP contribution in [0.25, 0.3) is 28.7 Å². The Bertz CT molecular complexity index is 1030. The fourth-order valence-electron chi connectivity index (χ4n) is 2.49. The van der Waals surface area contributed by atoms with Crippen molar-refractivity contribution in [3.8, 4) is 28.7 Å². The summed E-state index contributed by atoms with van der Waals surface area (Å²) in [5.74, 6) is 0.141. The average molecular weight is 352 g/mol. The molecule has 0 aliphatic carbocycles. The third kappa shape index (κ3) is 2.84. The first-order valence-electron chi connectivity index (χ1n) is 7.71. The highest BCUT2D eigenvalue weighted by atomic mass is 19.1. The summed E-state index contributed by atoms with van der Waals surface area (Å²) in [6.07, 6.45) is 3.27. The third-order valence-electron chi connectivity index (χ3n) is 3.69. The predicted molar refractivity (Wildman–Crippen MR) is 88.6 cm³/mol. The standard InChI is InChI=1S/C17H13FN6O2/c1-25-10-14-15(21-23-24(14)13-5-3-2-4-12(13)18)17-20-16(22-26-17)11-6-8-19-9-7-11/h2-9H,10H2,1H3. The molecule has 130 valence electrons. The molecule has 4 aromatic rings. The lowest BCUT2D eigenvalue weighted by molar-refractivity contribution is 0.179. The number of nitrogens with zero attached hydrogens (tertiary/aromatic N) is 6. The Hall–Kier alpha value is -3.46. The van der Waals surface area contributed by atoms with Crippen molar-refractivity contribution in [1.29, 1.82) is 0 Å². The first-order chi connectivity index (χ1) is 12.8. The second kappa shape index (κ2) is 6.81. The maximum Gasteiger partial charge on any atom is 0.280 e. The average Bonchev–Trinajstić information content (AvgIpc) is 3.30. The fraction of sp³-hybridized carbons (Fsp3) is 0.118. The summed E-state index contributed by atoms with van der Waals surface area (Å²) < 4.78 is 26.1. The molecule has 4 rings (SSSR count). The number of pyridine rings is 1. The molecule has 0 unspecified atom stereocenters. The predicted octanol–water partition coefficient (Wildman–Crippen LogP) is 2.66. The van der Waals surface area contributed by atoms with Crippen molar-refractivity contribution in [2.75, 3.05) is 7.11 Å². The van der Waals surface area contributed by atoms with Gasteiger partial charge in [0, 0.05) is 25.1 Å². The molecule has 0 saturated heterocycles. The van der Waals surface area contributed by atoms with E-state index in [1.54, 1.807) is 42.7 Å². The Balaban J connectivity index is 1.78. The van der Waals surface area contributed by atoms with Crippen molar-refractivity contribution in [3.05, 3.63) is 60.3 Å². The van der Waals surface area contributed by atoms with Crippen molar-refractivity contribution in [2.45, 2.75) is 6.61 Å². The molecule has 26 heavy (non-hydrogen) atoms. The number of hydrogen-bond acceptors (Lipinski definition) is 7. The number of hydrogen-bond donors (Lipinski definition) is 0. The second-order valence-corrected chi connectivity index (χ2v) is 5.34. The number of para-hydroxylation sites is 1. The van der Waals surface area contributed by atoms with Gasteiger partial charge in [-0.3, -0.25) is 4.98 Å². The second-order valence-electron chi connectivity index (χ2n) is 5.34. The zero-order valence-corrected chi connectivity index (χ0v) is 13.7. The van der Waals surface area contributed by atoms with E-state index in [-0.39, 0.29) is 18.2 Å². The Morgan fingerprint density at radius 3 is 2.73 bits per heavy atom. The molecule has 3 heterocycles. The van der Waals surface area contributed by atoms with Crippen LogP contribution in [-0.4, -0.2) is 37.2 Å². The number of ether oxygens (including phenoxy) is 1. The van der Waals surface area contributed by atoms with E-state index in [1.807, 2.05) is 0 Å². The lowest BCUT2D eigenvalue weighted by atomic mass is 10.2. The van der Waals surface area contributed by atoms with Crippen molar-refractivity contribution >= 4 is 0 Å². The number of benzene rings is 1. The van der Waals surface area contributed by atoms with E-state index in [9.17, 15) is 4.39 Å². The molecule has 3 aromatic heterocycles. The van der Waals surface area contributed by atoms with Gasteiger partial charge in [0.2, 0.25) is 5.82 Å². The molecule has 0 bridgehead atoms. The van der Waals surface area contributed by atoms with Gasteiger partial charge >= 0.3 is 0 Å². The van der Waals surface area contributed by atoms with Crippen LogP contribution in [0.2, 0.25) is 0 Å². The Morgan fingerprint density at radius 2 is 1.96 bits per heavy atom. The van der Waals surface area contributed by atoms with Crippen LogP contribution >= 0.6 is 0 Å². The van der Waals surface area contributed by atoms with Gasteiger partial charge in [0.15, 0.2) is 5.69 Å². The van der Waals surface area contributed by atoms with Crippen LogP contribution in [-0.2, 0) is 11.3 Å². The highest BCUT2D eigenvalue weighted by molar-refractivity contribution is 5.58. The molecule has 0 radical (unpaired) electrons. The highest BCUT2D eigenvalue weighted by Crippen LogP contribution is 2.26. The first kappa shape index (κ1) is 16.0. The minimum atomic E-state index is -0.427. The maximum absolute atomic E-state index is 14.1. The third-order valence-corrected chi connectivity index (χ3v) is 3.69. The molecule has 8 nitrogen and oxygen atoms in total. The van der Waals surface area contributed by atoms with Crippen molar-refractivity contribution in [3.63, 3.8) is 0 Å². The van der Waals surface area contributed by atoms with Crippen LogP contribution in [0.4, 0.5) is 4.39 Å². The van der Waals surface area contributed by atoms with Gasteiger partial charge in [-0.05, 0) is 24.3 Å². The molecular formula is C17H13FN6O2. The topological polar surface area (TPSA) is 91.8 Å². The van der Waals surface area contributed by atoms with Gasteiger partial charge in [0.25, 0.3) is 5.89 Å². The summed E-state index contributed by atoms with van der Waals surface area (Å²) in [4.78, 5) is 8.31. The number of rotatable bonds is 5. The van der Waals surface area contributed by atoms with E-state index in [2.05, 4.69) is 25.4 Å². The van der Waals surface area contributed by atoms with Crippen LogP contribution in [0.5, 0.6) is 0 Å². The molecule has 0 amide bonds. The molecule has 9 heteroatoms. The van der Waals surface area contributed by atoms with Gasteiger partial charge in [-0.2, -0.15) is 4.98 Å². The minimum absolute atomic E-state index is 0.142. The van der Waals surface area contributed by atoms with E-state index in [1.165, 1.54) is 17.9 Å². The largest absolute Gasteiger partial charge is 0.378 e. The van der Waals surface area contributed by atoms with Crippen LogP contribution in [0.15, 0.2) is 53.3 Å². The normalized spacial score (nSPS) is 11.0. The minimum Gasteiger partial charge on any atom is -0.378 e. The molecule has 0 spiro atoms. The van der Waals surface area contributed by atoms with Crippen LogP contribution in [0.3, 0.4) is 0 Å². The Kier molecular flexibility index (Phi) is 4.20. The van der Waals surface area contributed by atoms with Crippen LogP contribution in [0.1, 0.15) is 5.69 Å². The van der Waals surface area contributed by atoms with Gasteiger partial charge in [-0.1, -0.05) is 22.5 Å². The highest BCUT2D eigenvalue weighted by Gasteiger charge is 2.22. The molecule has 0 aliphatic heterocycles. The SMILES string of the molecule is COCc1c(-c2nc(-c3ccncc3)no2)nnn1-c1ccccc1F. The Labute approximate surface area is 147 Å². The van der Waals surface area contributed by atoms with Crippen molar-refractivity contribution in [1.82, 2.24) is 30.1 Å². The monoisotopic (exact) mass is 352 g/mol. The summed E-state index contributed by atoms with van der Waals surface area (Å²) in [5.41, 5.74) is 1.85. The van der Waals surface area contributed by atoms with E-state index < -0.39 is 5.82 Å². The molecule has 0 atom stereocenters. The number of aromatic nitrogens is 6. The zero-order valence-electron chi connectivity index (χ0n) is 13.7. The quantitative estimate of drug-likeness (QED) is 0.545. The molecular weight excluding hydrogens is 339 g/mol. The lowest BCUT2D eigenvalue weighted by Gasteiger charge is -2.06. The van der Waals surface area contributed by atoms with Gasteiger partial charge < -0.3 is 9.26 Å². The van der Waals surface area contributed by atoms with Crippen LogP contribution in [0, 0.1) is 5.82 Å². The molecule has 0 N–H and O–H groups in total. The first-order valence-corrected chi connectivity index (χ1v) is 7.71. The maximum atomic E-state index is 14.1. The summed E-state index contributed by atoms with van der Waals surface area (Å²) in [7, 11) is 1.53. The van der Waals surface area contributed by atoms with E-state index >= 15 is 0 Å². The van der Waals surface area contributed by atoms with E-state index in [0.717, 1.165) is 5.56 Å². The smallest absolute Gasteiger partial charge is 0.280 e. The van der Waals surface area contributed by atoms with Gasteiger partial charge in [0.05, 0.1) is 6.61 Å². The molecule has 1 aromatic carbocycles.